The van der Waals surface area contributed by atoms with Crippen molar-refractivity contribution in [2.24, 2.45) is 7.05 Å². The number of nitro groups is 1. The molecule has 0 saturated carbocycles. The van der Waals surface area contributed by atoms with Crippen LogP contribution in [0.15, 0.2) is 60.9 Å². The van der Waals surface area contributed by atoms with Crippen LogP contribution in [0, 0.1) is 10.1 Å². The summed E-state index contributed by atoms with van der Waals surface area (Å²) in [4.78, 5) is 22.9. The van der Waals surface area contributed by atoms with Gasteiger partial charge in [-0.1, -0.05) is 35.9 Å². The fourth-order valence-corrected chi connectivity index (χ4v) is 2.50. The minimum Gasteiger partial charge on any atom is -0.449 e. The molecule has 1 heterocycles. The number of nitro benzene ring substituents is 1. The normalized spacial score (nSPS) is 10.9. The Hall–Kier alpha value is -3.45. The van der Waals surface area contributed by atoms with E-state index in [0.29, 0.717) is 21.9 Å². The van der Waals surface area contributed by atoms with Crippen LogP contribution >= 0.6 is 11.6 Å². The van der Waals surface area contributed by atoms with Gasteiger partial charge in [-0.3, -0.25) is 19.6 Å². The van der Waals surface area contributed by atoms with Gasteiger partial charge in [0.1, 0.15) is 5.75 Å². The van der Waals surface area contributed by atoms with Crippen molar-refractivity contribution in [1.82, 2.24) is 9.78 Å². The molecular formula is C19H14ClN3O4. The molecule has 2 aromatic carbocycles. The van der Waals surface area contributed by atoms with E-state index in [2.05, 4.69) is 5.10 Å². The van der Waals surface area contributed by atoms with E-state index in [1.807, 2.05) is 0 Å². The van der Waals surface area contributed by atoms with Gasteiger partial charge in [0.15, 0.2) is 5.78 Å². The van der Waals surface area contributed by atoms with E-state index in [4.69, 9.17) is 16.3 Å². The van der Waals surface area contributed by atoms with E-state index < -0.39 is 4.92 Å². The minimum absolute atomic E-state index is 0.0591. The highest BCUT2D eigenvalue weighted by atomic mass is 35.5. The summed E-state index contributed by atoms with van der Waals surface area (Å²) in [5, 5.41) is 15.7. The zero-order chi connectivity index (χ0) is 19.4. The highest BCUT2D eigenvalue weighted by Gasteiger charge is 2.17. The molecule has 0 bridgehead atoms. The lowest BCUT2D eigenvalue weighted by Gasteiger charge is -2.08. The second-order valence-corrected chi connectivity index (χ2v) is 6.02. The van der Waals surface area contributed by atoms with E-state index in [9.17, 15) is 14.9 Å². The van der Waals surface area contributed by atoms with Gasteiger partial charge in [-0.2, -0.15) is 5.10 Å². The molecule has 3 aromatic rings. The zero-order valence-corrected chi connectivity index (χ0v) is 15.0. The van der Waals surface area contributed by atoms with Gasteiger partial charge >= 0.3 is 5.69 Å². The summed E-state index contributed by atoms with van der Waals surface area (Å²) < 4.78 is 7.10. The van der Waals surface area contributed by atoms with Gasteiger partial charge in [-0.15, -0.1) is 0 Å². The first kappa shape index (κ1) is 18.3. The number of hydrogen-bond donors (Lipinski definition) is 0. The summed E-state index contributed by atoms with van der Waals surface area (Å²) in [6.45, 7) is 0. The number of nitrogens with zero attached hydrogens (tertiary/aromatic N) is 3. The molecule has 8 heteroatoms. The van der Waals surface area contributed by atoms with E-state index in [1.54, 1.807) is 43.6 Å². The standard InChI is InChI=1S/C19H14ClN3O4/c1-22-12-14(11-21-22)17(24)8-6-13-7-9-19(16(10-13)23(25)26)27-18-5-3-2-4-15(18)20/h2-12H,1H3/b8-6+. The molecule has 0 fully saturated rings. The summed E-state index contributed by atoms with van der Waals surface area (Å²) in [5.41, 5.74) is 0.693. The lowest BCUT2D eigenvalue weighted by molar-refractivity contribution is -0.385. The molecule has 0 radical (unpaired) electrons. The maximum Gasteiger partial charge on any atom is 0.312 e. The van der Waals surface area contributed by atoms with Crippen molar-refractivity contribution in [2.45, 2.75) is 0 Å². The summed E-state index contributed by atoms with van der Waals surface area (Å²) >= 11 is 6.03. The second-order valence-electron chi connectivity index (χ2n) is 5.62. The average molecular weight is 384 g/mol. The molecule has 0 amide bonds. The first-order valence-corrected chi connectivity index (χ1v) is 8.24. The Bertz CT molecular complexity index is 1040. The van der Waals surface area contributed by atoms with Crippen molar-refractivity contribution in [3.63, 3.8) is 0 Å². The molecule has 0 saturated heterocycles. The largest absolute Gasteiger partial charge is 0.449 e. The number of ketones is 1. The third kappa shape index (κ3) is 4.39. The molecule has 1 aromatic heterocycles. The molecule has 136 valence electrons. The molecule has 0 aliphatic carbocycles. The molecule has 3 rings (SSSR count). The molecule has 0 aliphatic heterocycles. The van der Waals surface area contributed by atoms with Crippen LogP contribution < -0.4 is 4.74 Å². The molecule has 7 nitrogen and oxygen atoms in total. The molecule has 0 aliphatic rings. The number of hydrogen-bond acceptors (Lipinski definition) is 5. The zero-order valence-electron chi connectivity index (χ0n) is 14.2. The maximum absolute atomic E-state index is 12.1. The third-order valence-corrected chi connectivity index (χ3v) is 3.97. The minimum atomic E-state index is -0.549. The van der Waals surface area contributed by atoms with Gasteiger partial charge in [0.25, 0.3) is 0 Å². The van der Waals surface area contributed by atoms with Crippen LogP contribution in [-0.2, 0) is 7.05 Å². The summed E-state index contributed by atoms with van der Waals surface area (Å²) in [6.07, 6.45) is 5.89. The second kappa shape index (κ2) is 7.84. The van der Waals surface area contributed by atoms with Crippen LogP contribution in [0.3, 0.4) is 0 Å². The van der Waals surface area contributed by atoms with Crippen LogP contribution in [0.1, 0.15) is 15.9 Å². The quantitative estimate of drug-likeness (QED) is 0.267. The molecule has 0 atom stereocenters. The van der Waals surface area contributed by atoms with Crippen molar-refractivity contribution >= 4 is 29.1 Å². The number of aromatic nitrogens is 2. The molecule has 0 unspecified atom stereocenters. The molecular weight excluding hydrogens is 370 g/mol. The Morgan fingerprint density at radius 2 is 2.04 bits per heavy atom. The van der Waals surface area contributed by atoms with Crippen LogP contribution in [0.25, 0.3) is 6.08 Å². The molecule has 0 spiro atoms. The van der Waals surface area contributed by atoms with Crippen LogP contribution in [0.4, 0.5) is 5.69 Å². The van der Waals surface area contributed by atoms with Crippen molar-refractivity contribution in [1.29, 1.82) is 0 Å². The Balaban J connectivity index is 1.85. The third-order valence-electron chi connectivity index (χ3n) is 3.65. The van der Waals surface area contributed by atoms with E-state index in [-0.39, 0.29) is 17.2 Å². The van der Waals surface area contributed by atoms with Crippen molar-refractivity contribution in [3.05, 3.63) is 87.2 Å². The van der Waals surface area contributed by atoms with Gasteiger partial charge in [-0.25, -0.2) is 0 Å². The molecule has 27 heavy (non-hydrogen) atoms. The summed E-state index contributed by atoms with van der Waals surface area (Å²) in [6, 6.07) is 11.1. The van der Waals surface area contributed by atoms with Crippen LogP contribution in [0.5, 0.6) is 11.5 Å². The first-order valence-electron chi connectivity index (χ1n) is 7.86. The van der Waals surface area contributed by atoms with E-state index in [0.717, 1.165) is 0 Å². The smallest absolute Gasteiger partial charge is 0.312 e. The Morgan fingerprint density at radius 1 is 1.26 bits per heavy atom. The van der Waals surface area contributed by atoms with Gasteiger partial charge < -0.3 is 4.74 Å². The lowest BCUT2D eigenvalue weighted by atomic mass is 10.1. The average Bonchev–Trinajstić information content (AvgIpc) is 3.08. The number of aryl methyl sites for hydroxylation is 1. The fourth-order valence-electron chi connectivity index (χ4n) is 2.33. The Kier molecular flexibility index (Phi) is 5.33. The Labute approximate surface area is 159 Å². The monoisotopic (exact) mass is 383 g/mol. The lowest BCUT2D eigenvalue weighted by Crippen LogP contribution is -1.95. The number of allylic oxidation sites excluding steroid dienone is 1. The van der Waals surface area contributed by atoms with Crippen molar-refractivity contribution in [2.75, 3.05) is 0 Å². The first-order chi connectivity index (χ1) is 12.9. The Morgan fingerprint density at radius 3 is 2.70 bits per heavy atom. The number of carbonyl (C=O) groups is 1. The van der Waals surface area contributed by atoms with E-state index >= 15 is 0 Å². The van der Waals surface area contributed by atoms with Gasteiger partial charge in [0.2, 0.25) is 5.75 Å². The predicted octanol–water partition coefficient (Wildman–Crippen LogP) is 4.67. The number of carbonyl (C=O) groups excluding carboxylic acids is 1. The topological polar surface area (TPSA) is 87.3 Å². The number of rotatable bonds is 6. The summed E-state index contributed by atoms with van der Waals surface area (Å²) in [5.74, 6) is 0.128. The highest BCUT2D eigenvalue weighted by molar-refractivity contribution is 6.32. The van der Waals surface area contributed by atoms with Gasteiger partial charge in [0, 0.05) is 19.3 Å². The van der Waals surface area contributed by atoms with E-state index in [1.165, 1.54) is 35.2 Å². The number of ether oxygens (including phenoxy) is 1. The van der Waals surface area contributed by atoms with Crippen molar-refractivity contribution < 1.29 is 14.5 Å². The van der Waals surface area contributed by atoms with Crippen molar-refractivity contribution in [3.8, 4) is 11.5 Å². The highest BCUT2D eigenvalue weighted by Crippen LogP contribution is 2.35. The van der Waals surface area contributed by atoms with Gasteiger partial charge in [-0.05, 0) is 29.8 Å². The van der Waals surface area contributed by atoms with Crippen LogP contribution in [0.2, 0.25) is 5.02 Å². The predicted molar refractivity (Wildman–Crippen MR) is 101 cm³/mol. The summed E-state index contributed by atoms with van der Waals surface area (Å²) in [7, 11) is 1.71. The molecule has 0 N–H and O–H groups in total. The van der Waals surface area contributed by atoms with Crippen LogP contribution in [-0.4, -0.2) is 20.5 Å². The number of halogens is 1. The number of para-hydroxylation sites is 1. The van der Waals surface area contributed by atoms with Gasteiger partial charge in [0.05, 0.1) is 21.7 Å². The fraction of sp³-hybridized carbons (Fsp3) is 0.0526. The SMILES string of the molecule is Cn1cc(C(=O)/C=C/c2ccc(Oc3ccccc3Cl)c([N+](=O)[O-])c2)cn1. The number of benzene rings is 2. The maximum atomic E-state index is 12.1.